The molecule has 1 atom stereocenters. The van der Waals surface area contributed by atoms with E-state index in [1.807, 2.05) is 24.4 Å². The van der Waals surface area contributed by atoms with Crippen molar-refractivity contribution in [2.45, 2.75) is 25.8 Å². The summed E-state index contributed by atoms with van der Waals surface area (Å²) in [4.78, 5) is 25.0. The molecule has 0 unspecified atom stereocenters. The summed E-state index contributed by atoms with van der Waals surface area (Å²) < 4.78 is 20.9. The normalized spacial score (nSPS) is 11.4. The quantitative estimate of drug-likeness (QED) is 0.610. The molecular formula is C20H25NO6S. The molecule has 0 aliphatic heterocycles. The van der Waals surface area contributed by atoms with Gasteiger partial charge >= 0.3 is 5.97 Å². The Balaban J connectivity index is 1.83. The minimum absolute atomic E-state index is 0.120. The minimum Gasteiger partial charge on any atom is -0.493 e. The zero-order chi connectivity index (χ0) is 20.5. The predicted molar refractivity (Wildman–Crippen MR) is 106 cm³/mol. The fourth-order valence-electron chi connectivity index (χ4n) is 2.64. The second-order valence-electron chi connectivity index (χ2n) is 6.00. The lowest BCUT2D eigenvalue weighted by Crippen LogP contribution is -2.30. The van der Waals surface area contributed by atoms with Crippen molar-refractivity contribution in [2.75, 3.05) is 27.9 Å². The molecule has 0 aliphatic rings. The Hall–Kier alpha value is -2.74. The van der Waals surface area contributed by atoms with E-state index in [4.69, 9.17) is 18.9 Å². The second kappa shape index (κ2) is 10.6. The molecular weight excluding hydrogens is 382 g/mol. The van der Waals surface area contributed by atoms with Crippen LogP contribution in [0, 0.1) is 0 Å². The molecule has 0 saturated carbocycles. The maximum Gasteiger partial charge on any atom is 0.306 e. The highest BCUT2D eigenvalue weighted by Gasteiger charge is 2.15. The Labute approximate surface area is 168 Å². The van der Waals surface area contributed by atoms with E-state index in [1.54, 1.807) is 23.5 Å². The highest BCUT2D eigenvalue weighted by molar-refractivity contribution is 7.10. The van der Waals surface area contributed by atoms with Gasteiger partial charge in [-0.1, -0.05) is 6.07 Å². The van der Waals surface area contributed by atoms with E-state index < -0.39 is 5.97 Å². The summed E-state index contributed by atoms with van der Waals surface area (Å²) in [6.07, 6.45) is 0.551. The van der Waals surface area contributed by atoms with Crippen molar-refractivity contribution >= 4 is 23.2 Å². The van der Waals surface area contributed by atoms with Crippen LogP contribution in [0.4, 0.5) is 0 Å². The van der Waals surface area contributed by atoms with Crippen molar-refractivity contribution in [1.82, 2.24) is 5.32 Å². The standard InChI is InChI=1S/C20H25NO6S/c1-13(17-6-5-9-28-17)21-18(22)12-27-19(23)8-7-14-10-15(24-2)20(26-4)16(11-14)25-3/h5-6,9-11,13H,7-8,12H2,1-4H3,(H,21,22)/t13-/m1/s1. The van der Waals surface area contributed by atoms with Crippen molar-refractivity contribution in [2.24, 2.45) is 0 Å². The summed E-state index contributed by atoms with van der Waals surface area (Å²) in [7, 11) is 4.60. The molecule has 2 rings (SSSR count). The van der Waals surface area contributed by atoms with Crippen molar-refractivity contribution < 1.29 is 28.5 Å². The molecule has 152 valence electrons. The molecule has 1 amide bonds. The van der Waals surface area contributed by atoms with Crippen LogP contribution < -0.4 is 19.5 Å². The van der Waals surface area contributed by atoms with Gasteiger partial charge < -0.3 is 24.3 Å². The number of hydrogen-bond acceptors (Lipinski definition) is 7. The van der Waals surface area contributed by atoms with E-state index >= 15 is 0 Å². The van der Waals surface area contributed by atoms with Crippen molar-refractivity contribution in [3.8, 4) is 17.2 Å². The number of nitrogens with one attached hydrogen (secondary N) is 1. The van der Waals surface area contributed by atoms with Gasteiger partial charge in [0.25, 0.3) is 5.91 Å². The van der Waals surface area contributed by atoms with E-state index in [2.05, 4.69) is 5.32 Å². The lowest BCUT2D eigenvalue weighted by Gasteiger charge is -2.14. The molecule has 1 N–H and O–H groups in total. The average Bonchev–Trinajstić information content (AvgIpc) is 3.24. The van der Waals surface area contributed by atoms with Gasteiger partial charge in [-0.15, -0.1) is 11.3 Å². The van der Waals surface area contributed by atoms with Crippen LogP contribution in [0.1, 0.15) is 29.8 Å². The first-order valence-electron chi connectivity index (χ1n) is 8.75. The first-order chi connectivity index (χ1) is 13.5. The van der Waals surface area contributed by atoms with Crippen molar-refractivity contribution in [3.63, 3.8) is 0 Å². The molecule has 0 spiro atoms. The van der Waals surface area contributed by atoms with Crippen LogP contribution in [-0.4, -0.2) is 39.8 Å². The lowest BCUT2D eigenvalue weighted by atomic mass is 10.1. The summed E-state index contributed by atoms with van der Waals surface area (Å²) in [5.74, 6) is 0.752. The molecule has 2 aromatic rings. The van der Waals surface area contributed by atoms with Gasteiger partial charge in [0.2, 0.25) is 5.75 Å². The lowest BCUT2D eigenvalue weighted by molar-refractivity contribution is -0.148. The van der Waals surface area contributed by atoms with Gasteiger partial charge in [0.15, 0.2) is 18.1 Å². The molecule has 0 aliphatic carbocycles. The average molecular weight is 407 g/mol. The SMILES string of the molecule is COc1cc(CCC(=O)OCC(=O)N[C@H](C)c2cccs2)cc(OC)c1OC. The molecule has 8 heteroatoms. The highest BCUT2D eigenvalue weighted by atomic mass is 32.1. The van der Waals surface area contributed by atoms with E-state index in [1.165, 1.54) is 21.3 Å². The number of carbonyl (C=O) groups excluding carboxylic acids is 2. The summed E-state index contributed by atoms with van der Waals surface area (Å²) in [6.45, 7) is 1.58. The van der Waals surface area contributed by atoms with Gasteiger partial charge in [-0.3, -0.25) is 9.59 Å². The molecule has 0 saturated heterocycles. The van der Waals surface area contributed by atoms with Crippen molar-refractivity contribution in [1.29, 1.82) is 0 Å². The molecule has 1 aromatic heterocycles. The van der Waals surface area contributed by atoms with Crippen LogP contribution >= 0.6 is 11.3 Å². The van der Waals surface area contributed by atoms with Crippen LogP contribution in [-0.2, 0) is 20.7 Å². The summed E-state index contributed by atoms with van der Waals surface area (Å²) in [5, 5.41) is 4.75. The summed E-state index contributed by atoms with van der Waals surface area (Å²) in [5.41, 5.74) is 0.835. The zero-order valence-corrected chi connectivity index (χ0v) is 17.3. The largest absolute Gasteiger partial charge is 0.493 e. The van der Waals surface area contributed by atoms with Crippen molar-refractivity contribution in [3.05, 3.63) is 40.1 Å². The third-order valence-corrected chi connectivity index (χ3v) is 5.11. The van der Waals surface area contributed by atoms with Crippen LogP contribution in [0.2, 0.25) is 0 Å². The maximum atomic E-state index is 12.0. The Morgan fingerprint density at radius 3 is 2.32 bits per heavy atom. The Kier molecular flexibility index (Phi) is 8.13. The van der Waals surface area contributed by atoms with Gasteiger partial charge in [0, 0.05) is 11.3 Å². The van der Waals surface area contributed by atoms with Crippen LogP contribution in [0.25, 0.3) is 0 Å². The van der Waals surface area contributed by atoms with Gasteiger partial charge in [-0.2, -0.15) is 0 Å². The maximum absolute atomic E-state index is 12.0. The number of hydrogen-bond donors (Lipinski definition) is 1. The molecule has 28 heavy (non-hydrogen) atoms. The minimum atomic E-state index is -0.451. The highest BCUT2D eigenvalue weighted by Crippen LogP contribution is 2.38. The summed E-state index contributed by atoms with van der Waals surface area (Å²) >= 11 is 1.56. The first kappa shape index (κ1) is 21.6. The molecule has 0 bridgehead atoms. The van der Waals surface area contributed by atoms with E-state index in [0.717, 1.165) is 10.4 Å². The topological polar surface area (TPSA) is 83.1 Å². The van der Waals surface area contributed by atoms with E-state index in [9.17, 15) is 9.59 Å². The van der Waals surface area contributed by atoms with E-state index in [0.29, 0.717) is 23.7 Å². The van der Waals surface area contributed by atoms with Gasteiger partial charge in [0.05, 0.1) is 27.4 Å². The number of rotatable bonds is 10. The monoisotopic (exact) mass is 407 g/mol. The number of esters is 1. The smallest absolute Gasteiger partial charge is 0.306 e. The number of benzene rings is 1. The first-order valence-corrected chi connectivity index (χ1v) is 9.63. The number of aryl methyl sites for hydroxylation is 1. The fourth-order valence-corrected chi connectivity index (χ4v) is 3.37. The number of amides is 1. The van der Waals surface area contributed by atoms with Crippen LogP contribution in [0.5, 0.6) is 17.2 Å². The number of methoxy groups -OCH3 is 3. The summed E-state index contributed by atoms with van der Waals surface area (Å²) in [6, 6.07) is 7.31. The number of carbonyl (C=O) groups is 2. The second-order valence-corrected chi connectivity index (χ2v) is 6.98. The number of thiophene rings is 1. The Morgan fingerprint density at radius 1 is 1.11 bits per heavy atom. The van der Waals surface area contributed by atoms with Gasteiger partial charge in [-0.25, -0.2) is 0 Å². The van der Waals surface area contributed by atoms with Gasteiger partial charge in [-0.05, 0) is 42.5 Å². The Bertz CT molecular complexity index is 765. The molecule has 0 radical (unpaired) electrons. The molecule has 0 fully saturated rings. The molecule has 7 nitrogen and oxygen atoms in total. The third kappa shape index (κ3) is 5.88. The predicted octanol–water partition coefficient (Wildman–Crippen LogP) is 3.13. The fraction of sp³-hybridized carbons (Fsp3) is 0.400. The van der Waals surface area contributed by atoms with Crippen LogP contribution in [0.3, 0.4) is 0 Å². The molecule has 1 heterocycles. The number of ether oxygens (including phenoxy) is 4. The Morgan fingerprint density at radius 2 is 1.79 bits per heavy atom. The third-order valence-electron chi connectivity index (χ3n) is 4.05. The van der Waals surface area contributed by atoms with Crippen LogP contribution in [0.15, 0.2) is 29.6 Å². The zero-order valence-electron chi connectivity index (χ0n) is 16.4. The van der Waals surface area contributed by atoms with Gasteiger partial charge in [0.1, 0.15) is 0 Å². The van der Waals surface area contributed by atoms with E-state index in [-0.39, 0.29) is 25.0 Å². The molecule has 1 aromatic carbocycles.